The molecule has 1 aliphatic rings. The van der Waals surface area contributed by atoms with Gasteiger partial charge in [-0.05, 0) is 12.1 Å². The van der Waals surface area contributed by atoms with E-state index >= 15 is 0 Å². The summed E-state index contributed by atoms with van der Waals surface area (Å²) in [5, 5.41) is 8.99. The fourth-order valence-corrected chi connectivity index (χ4v) is 2.37. The van der Waals surface area contributed by atoms with Crippen molar-refractivity contribution in [3.05, 3.63) is 42.6 Å². The van der Waals surface area contributed by atoms with Crippen molar-refractivity contribution in [2.45, 2.75) is 12.5 Å². The van der Waals surface area contributed by atoms with Gasteiger partial charge in [0.15, 0.2) is 6.61 Å². The maximum atomic E-state index is 12.2. The Kier molecular flexibility index (Phi) is 4.81. The number of carbonyl (C=O) groups is 1. The Morgan fingerprint density at radius 1 is 1.38 bits per heavy atom. The van der Waals surface area contributed by atoms with Crippen LogP contribution in [0.2, 0.25) is 0 Å². The Morgan fingerprint density at radius 3 is 3.04 bits per heavy atom. The largest absolute Gasteiger partial charge is 0.482 e. The summed E-state index contributed by atoms with van der Waals surface area (Å²) >= 11 is 0. The molecule has 8 nitrogen and oxygen atoms in total. The maximum absolute atomic E-state index is 12.2. The minimum Gasteiger partial charge on any atom is -0.482 e. The van der Waals surface area contributed by atoms with E-state index in [9.17, 15) is 4.79 Å². The normalized spacial score (nSPS) is 16.5. The first-order chi connectivity index (χ1) is 11.8. The molecular weight excluding hydrogens is 310 g/mol. The molecule has 0 spiro atoms. The number of nitriles is 1. The number of likely N-dealkylation sites (tertiary alicyclic amines) is 1. The lowest BCUT2D eigenvalue weighted by Crippen LogP contribution is -2.34. The lowest BCUT2D eigenvalue weighted by atomic mass is 10.3. The molecule has 0 N–H and O–H groups in total. The molecule has 122 valence electrons. The van der Waals surface area contributed by atoms with Crippen LogP contribution in [0.3, 0.4) is 0 Å². The third-order valence-corrected chi connectivity index (χ3v) is 3.54. The zero-order valence-corrected chi connectivity index (χ0v) is 12.8. The summed E-state index contributed by atoms with van der Waals surface area (Å²) in [5.41, 5.74) is 0.141. The molecule has 0 aromatic carbocycles. The highest BCUT2D eigenvalue weighted by Gasteiger charge is 2.28. The average Bonchev–Trinajstić information content (AvgIpc) is 3.10. The van der Waals surface area contributed by atoms with Crippen molar-refractivity contribution in [2.75, 3.05) is 19.7 Å². The van der Waals surface area contributed by atoms with Gasteiger partial charge in [0, 0.05) is 31.6 Å². The molecule has 1 saturated heterocycles. The zero-order chi connectivity index (χ0) is 16.8. The Labute approximate surface area is 138 Å². The van der Waals surface area contributed by atoms with Crippen LogP contribution < -0.4 is 9.47 Å². The topological polar surface area (TPSA) is 101 Å². The minimum atomic E-state index is -0.212. The van der Waals surface area contributed by atoms with Crippen LogP contribution in [0.5, 0.6) is 11.6 Å². The monoisotopic (exact) mass is 325 g/mol. The second-order valence-electron chi connectivity index (χ2n) is 5.17. The van der Waals surface area contributed by atoms with Crippen LogP contribution in [0, 0.1) is 11.3 Å². The second-order valence-corrected chi connectivity index (χ2v) is 5.17. The van der Waals surface area contributed by atoms with Gasteiger partial charge in [0.25, 0.3) is 11.8 Å². The fourth-order valence-electron chi connectivity index (χ4n) is 2.37. The van der Waals surface area contributed by atoms with Gasteiger partial charge in [-0.15, -0.1) is 0 Å². The van der Waals surface area contributed by atoms with Gasteiger partial charge in [0.05, 0.1) is 12.7 Å². The molecule has 1 aliphatic heterocycles. The van der Waals surface area contributed by atoms with Crippen molar-refractivity contribution >= 4 is 5.91 Å². The van der Waals surface area contributed by atoms with Gasteiger partial charge < -0.3 is 14.4 Å². The molecule has 24 heavy (non-hydrogen) atoms. The number of pyridine rings is 1. The van der Waals surface area contributed by atoms with Gasteiger partial charge in [-0.2, -0.15) is 5.26 Å². The van der Waals surface area contributed by atoms with Crippen LogP contribution in [0.1, 0.15) is 12.1 Å². The van der Waals surface area contributed by atoms with E-state index in [1.165, 1.54) is 12.4 Å². The lowest BCUT2D eigenvalue weighted by Gasteiger charge is -2.17. The number of rotatable bonds is 5. The van der Waals surface area contributed by atoms with Crippen LogP contribution in [0.15, 0.2) is 36.9 Å². The summed E-state index contributed by atoms with van der Waals surface area (Å²) in [5.74, 6) is 0.631. The maximum Gasteiger partial charge on any atom is 0.260 e. The van der Waals surface area contributed by atoms with E-state index in [0.717, 1.165) is 0 Å². The molecule has 2 aromatic heterocycles. The summed E-state index contributed by atoms with van der Waals surface area (Å²) in [4.78, 5) is 25.7. The molecule has 2 aromatic rings. The Hall–Kier alpha value is -3.21. The highest BCUT2D eigenvalue weighted by atomic mass is 16.5. The number of nitrogens with zero attached hydrogens (tertiary/aromatic N) is 5. The number of carbonyl (C=O) groups excluding carboxylic acids is 1. The van der Waals surface area contributed by atoms with Crippen molar-refractivity contribution in [1.29, 1.82) is 5.26 Å². The quantitative estimate of drug-likeness (QED) is 0.801. The lowest BCUT2D eigenvalue weighted by molar-refractivity contribution is -0.132. The summed E-state index contributed by atoms with van der Waals surface area (Å²) in [6, 6.07) is 5.42. The van der Waals surface area contributed by atoms with Crippen molar-refractivity contribution in [3.8, 4) is 17.7 Å². The number of ether oxygens (including phenoxy) is 2. The minimum absolute atomic E-state index is 0.0486. The molecule has 1 atom stereocenters. The third-order valence-electron chi connectivity index (χ3n) is 3.54. The molecule has 3 rings (SSSR count). The first kappa shape index (κ1) is 15.7. The molecule has 8 heteroatoms. The zero-order valence-electron chi connectivity index (χ0n) is 12.8. The molecule has 0 radical (unpaired) electrons. The SMILES string of the molecule is N#Cc1nccnc1OC1CCN(C(=O)COc2cccnc2)C1. The van der Waals surface area contributed by atoms with Crippen LogP contribution in [0.25, 0.3) is 0 Å². The predicted octanol–water partition coefficient (Wildman–Crippen LogP) is 0.802. The highest BCUT2D eigenvalue weighted by molar-refractivity contribution is 5.78. The third kappa shape index (κ3) is 3.76. The molecule has 3 heterocycles. The summed E-state index contributed by atoms with van der Waals surface area (Å²) in [7, 11) is 0. The van der Waals surface area contributed by atoms with E-state index < -0.39 is 0 Å². The first-order valence-corrected chi connectivity index (χ1v) is 7.44. The fraction of sp³-hybridized carbons (Fsp3) is 0.312. The van der Waals surface area contributed by atoms with Crippen LogP contribution in [-0.4, -0.2) is 51.6 Å². The molecular formula is C16H15N5O3. The number of aromatic nitrogens is 3. The van der Waals surface area contributed by atoms with Gasteiger partial charge in [0.2, 0.25) is 5.69 Å². The molecule has 0 aliphatic carbocycles. The van der Waals surface area contributed by atoms with Crippen LogP contribution >= 0.6 is 0 Å². The Bertz CT molecular complexity index is 747. The number of amides is 1. The summed E-state index contributed by atoms with van der Waals surface area (Å²) in [6.07, 6.45) is 6.55. The van der Waals surface area contributed by atoms with Gasteiger partial charge in [-0.3, -0.25) is 9.78 Å². The Balaban J connectivity index is 1.51. The van der Waals surface area contributed by atoms with E-state index in [1.807, 2.05) is 6.07 Å². The van der Waals surface area contributed by atoms with Crippen molar-refractivity contribution in [2.24, 2.45) is 0 Å². The molecule has 1 fully saturated rings. The van der Waals surface area contributed by atoms with Gasteiger partial charge in [-0.1, -0.05) is 0 Å². The molecule has 0 saturated carbocycles. The smallest absolute Gasteiger partial charge is 0.260 e. The van der Waals surface area contributed by atoms with Crippen molar-refractivity contribution < 1.29 is 14.3 Å². The molecule has 0 bridgehead atoms. The van der Waals surface area contributed by atoms with Gasteiger partial charge >= 0.3 is 0 Å². The predicted molar refractivity (Wildman–Crippen MR) is 82.1 cm³/mol. The highest BCUT2D eigenvalue weighted by Crippen LogP contribution is 2.18. The van der Waals surface area contributed by atoms with E-state index in [2.05, 4.69) is 15.0 Å². The number of hydrogen-bond donors (Lipinski definition) is 0. The van der Waals surface area contributed by atoms with E-state index in [-0.39, 0.29) is 30.2 Å². The van der Waals surface area contributed by atoms with Gasteiger partial charge in [-0.25, -0.2) is 9.97 Å². The van der Waals surface area contributed by atoms with Crippen LogP contribution in [0.4, 0.5) is 0 Å². The molecule has 1 amide bonds. The summed E-state index contributed by atoms with van der Waals surface area (Å²) in [6.45, 7) is 0.950. The van der Waals surface area contributed by atoms with Gasteiger partial charge in [0.1, 0.15) is 17.9 Å². The van der Waals surface area contributed by atoms with Crippen molar-refractivity contribution in [3.63, 3.8) is 0 Å². The van der Waals surface area contributed by atoms with E-state index in [4.69, 9.17) is 14.7 Å². The Morgan fingerprint density at radius 2 is 2.25 bits per heavy atom. The summed E-state index contributed by atoms with van der Waals surface area (Å²) < 4.78 is 11.1. The second kappa shape index (κ2) is 7.37. The first-order valence-electron chi connectivity index (χ1n) is 7.44. The standard InChI is InChI=1S/C16H15N5O3/c17-8-14-16(20-6-5-19-14)24-13-3-7-21(10-13)15(22)11-23-12-2-1-4-18-9-12/h1-2,4-6,9,13H,3,7,10-11H2. The average molecular weight is 325 g/mol. The number of hydrogen-bond acceptors (Lipinski definition) is 7. The van der Waals surface area contributed by atoms with Crippen LogP contribution in [-0.2, 0) is 4.79 Å². The van der Waals surface area contributed by atoms with E-state index in [0.29, 0.717) is 25.3 Å². The van der Waals surface area contributed by atoms with E-state index in [1.54, 1.807) is 29.4 Å². The van der Waals surface area contributed by atoms with Crippen molar-refractivity contribution in [1.82, 2.24) is 19.9 Å². The molecule has 1 unspecified atom stereocenters.